The van der Waals surface area contributed by atoms with Gasteiger partial charge in [-0.1, -0.05) is 35.6 Å². The van der Waals surface area contributed by atoms with Crippen molar-refractivity contribution in [2.45, 2.75) is 0 Å². The molecule has 0 radical (unpaired) electrons. The zero-order valence-electron chi connectivity index (χ0n) is 13.4. The van der Waals surface area contributed by atoms with E-state index in [1.54, 1.807) is 16.7 Å². The van der Waals surface area contributed by atoms with Gasteiger partial charge in [-0.15, -0.1) is 10.2 Å². The van der Waals surface area contributed by atoms with Gasteiger partial charge in [-0.05, 0) is 42.5 Å². The zero-order chi connectivity index (χ0) is 18.1. The van der Waals surface area contributed by atoms with Crippen molar-refractivity contribution < 1.29 is 9.13 Å². The minimum atomic E-state index is -0.478. The highest BCUT2D eigenvalue weighted by atomic mass is 35.5. The average Bonchev–Trinajstić information content (AvgIpc) is 3.23. The van der Waals surface area contributed by atoms with E-state index in [2.05, 4.69) is 21.9 Å². The average molecular weight is 387 g/mol. The standard InChI is InChI=1S/C18H12ClFN4OS/c1-2-9-25-13-6-3-11(4-7-13)17-23-24-16(21-22-18(24)26-17)12-5-8-15(20)14(19)10-12/h2-8,10H,1,9H2. The number of benzene rings is 2. The molecule has 5 nitrogen and oxygen atoms in total. The molecular weight excluding hydrogens is 375 g/mol. The van der Waals surface area contributed by atoms with Crippen LogP contribution in [-0.4, -0.2) is 26.4 Å². The van der Waals surface area contributed by atoms with Gasteiger partial charge in [-0.3, -0.25) is 0 Å². The molecule has 0 bridgehead atoms. The highest BCUT2D eigenvalue weighted by molar-refractivity contribution is 7.19. The summed E-state index contributed by atoms with van der Waals surface area (Å²) in [6, 6.07) is 12.0. The molecular formula is C18H12ClFN4OS. The molecule has 0 N–H and O–H groups in total. The number of ether oxygens (including phenoxy) is 1. The van der Waals surface area contributed by atoms with Crippen LogP contribution >= 0.6 is 22.9 Å². The van der Waals surface area contributed by atoms with E-state index in [-0.39, 0.29) is 5.02 Å². The first-order chi connectivity index (χ1) is 12.7. The summed E-state index contributed by atoms with van der Waals surface area (Å²) >= 11 is 7.28. The van der Waals surface area contributed by atoms with Crippen LogP contribution in [0, 0.1) is 5.82 Å². The summed E-state index contributed by atoms with van der Waals surface area (Å²) < 4.78 is 20.5. The molecule has 130 valence electrons. The Hall–Kier alpha value is -2.77. The van der Waals surface area contributed by atoms with Crippen LogP contribution < -0.4 is 4.74 Å². The maximum Gasteiger partial charge on any atom is 0.235 e. The number of rotatable bonds is 5. The fraction of sp³-hybridized carbons (Fsp3) is 0.0556. The van der Waals surface area contributed by atoms with E-state index in [1.807, 2.05) is 24.3 Å². The third-order valence-corrected chi connectivity index (χ3v) is 4.88. The molecule has 0 atom stereocenters. The third kappa shape index (κ3) is 3.07. The molecule has 0 saturated heterocycles. The summed E-state index contributed by atoms with van der Waals surface area (Å²) in [4.78, 5) is 0.641. The third-order valence-electron chi connectivity index (χ3n) is 3.64. The SMILES string of the molecule is C=CCOc1ccc(-c2nn3c(-c4ccc(F)c(Cl)c4)nnc3s2)cc1. The van der Waals surface area contributed by atoms with Crippen LogP contribution in [0.3, 0.4) is 0 Å². The smallest absolute Gasteiger partial charge is 0.235 e. The van der Waals surface area contributed by atoms with Gasteiger partial charge in [0.15, 0.2) is 5.82 Å². The molecule has 0 aliphatic carbocycles. The molecule has 0 aliphatic rings. The van der Waals surface area contributed by atoms with Gasteiger partial charge < -0.3 is 4.74 Å². The van der Waals surface area contributed by atoms with Crippen LogP contribution in [0.1, 0.15) is 0 Å². The lowest BCUT2D eigenvalue weighted by Crippen LogP contribution is -1.93. The molecule has 0 unspecified atom stereocenters. The summed E-state index contributed by atoms with van der Waals surface area (Å²) in [6.07, 6.45) is 1.69. The van der Waals surface area contributed by atoms with Crippen LogP contribution in [-0.2, 0) is 0 Å². The van der Waals surface area contributed by atoms with Crippen molar-refractivity contribution in [2.75, 3.05) is 6.61 Å². The Morgan fingerprint density at radius 2 is 1.92 bits per heavy atom. The van der Waals surface area contributed by atoms with Gasteiger partial charge in [-0.25, -0.2) is 4.39 Å². The Morgan fingerprint density at radius 3 is 2.65 bits per heavy atom. The number of hydrogen-bond acceptors (Lipinski definition) is 5. The van der Waals surface area contributed by atoms with Gasteiger partial charge in [0, 0.05) is 11.1 Å². The maximum absolute atomic E-state index is 13.4. The Morgan fingerprint density at radius 1 is 1.15 bits per heavy atom. The van der Waals surface area contributed by atoms with Crippen molar-refractivity contribution in [2.24, 2.45) is 0 Å². The molecule has 0 amide bonds. The molecule has 0 fully saturated rings. The zero-order valence-corrected chi connectivity index (χ0v) is 15.0. The van der Waals surface area contributed by atoms with Crippen LogP contribution in [0.4, 0.5) is 4.39 Å². The summed E-state index contributed by atoms with van der Waals surface area (Å²) in [5, 5.41) is 13.7. The molecule has 4 rings (SSSR count). The molecule has 2 aromatic carbocycles. The van der Waals surface area contributed by atoms with Crippen molar-refractivity contribution in [3.05, 3.63) is 66.0 Å². The summed E-state index contributed by atoms with van der Waals surface area (Å²) in [5.74, 6) is 0.794. The fourth-order valence-electron chi connectivity index (χ4n) is 2.40. The lowest BCUT2D eigenvalue weighted by molar-refractivity contribution is 0.363. The highest BCUT2D eigenvalue weighted by Crippen LogP contribution is 2.30. The second-order valence-corrected chi connectivity index (χ2v) is 6.74. The van der Waals surface area contributed by atoms with Crippen molar-refractivity contribution in [3.8, 4) is 27.7 Å². The molecule has 0 spiro atoms. The number of fused-ring (bicyclic) bond motifs is 1. The topological polar surface area (TPSA) is 52.3 Å². The van der Waals surface area contributed by atoms with E-state index in [1.165, 1.54) is 23.5 Å². The lowest BCUT2D eigenvalue weighted by atomic mass is 10.2. The second-order valence-electron chi connectivity index (χ2n) is 5.38. The van der Waals surface area contributed by atoms with Gasteiger partial charge in [0.1, 0.15) is 23.2 Å². The molecule has 2 heterocycles. The van der Waals surface area contributed by atoms with E-state index < -0.39 is 5.82 Å². The lowest BCUT2D eigenvalue weighted by Gasteiger charge is -2.03. The number of halogens is 2. The summed E-state index contributed by atoms with van der Waals surface area (Å²) in [7, 11) is 0. The van der Waals surface area contributed by atoms with E-state index in [0.717, 1.165) is 16.3 Å². The summed E-state index contributed by atoms with van der Waals surface area (Å²) in [5.41, 5.74) is 1.59. The first-order valence-electron chi connectivity index (χ1n) is 7.67. The van der Waals surface area contributed by atoms with E-state index in [4.69, 9.17) is 16.3 Å². The van der Waals surface area contributed by atoms with Crippen LogP contribution in [0.15, 0.2) is 55.1 Å². The van der Waals surface area contributed by atoms with E-state index in [9.17, 15) is 4.39 Å². The highest BCUT2D eigenvalue weighted by Gasteiger charge is 2.15. The normalized spacial score (nSPS) is 11.0. The molecule has 8 heteroatoms. The van der Waals surface area contributed by atoms with Crippen molar-refractivity contribution in [1.29, 1.82) is 0 Å². The predicted octanol–water partition coefficient (Wildman–Crippen LogP) is 4.88. The van der Waals surface area contributed by atoms with Crippen LogP contribution in [0.25, 0.3) is 26.9 Å². The largest absolute Gasteiger partial charge is 0.490 e. The van der Waals surface area contributed by atoms with Gasteiger partial charge in [0.05, 0.1) is 5.02 Å². The first-order valence-corrected chi connectivity index (χ1v) is 8.87. The van der Waals surface area contributed by atoms with Gasteiger partial charge in [0.25, 0.3) is 0 Å². The van der Waals surface area contributed by atoms with Gasteiger partial charge in [-0.2, -0.15) is 9.61 Å². The monoisotopic (exact) mass is 386 g/mol. The van der Waals surface area contributed by atoms with Crippen molar-refractivity contribution in [3.63, 3.8) is 0 Å². The Kier molecular flexibility index (Phi) is 4.40. The number of aromatic nitrogens is 4. The van der Waals surface area contributed by atoms with E-state index >= 15 is 0 Å². The Balaban J connectivity index is 1.69. The number of nitrogens with zero attached hydrogens (tertiary/aromatic N) is 4. The van der Waals surface area contributed by atoms with Gasteiger partial charge >= 0.3 is 0 Å². The molecule has 26 heavy (non-hydrogen) atoms. The summed E-state index contributed by atoms with van der Waals surface area (Å²) in [6.45, 7) is 4.08. The molecule has 4 aromatic rings. The minimum absolute atomic E-state index is 0.0322. The van der Waals surface area contributed by atoms with E-state index in [0.29, 0.717) is 23.0 Å². The van der Waals surface area contributed by atoms with Crippen molar-refractivity contribution >= 4 is 27.9 Å². The Bertz CT molecular complexity index is 1090. The first kappa shape index (κ1) is 16.7. The maximum atomic E-state index is 13.4. The predicted molar refractivity (Wildman–Crippen MR) is 100 cm³/mol. The minimum Gasteiger partial charge on any atom is -0.490 e. The van der Waals surface area contributed by atoms with Gasteiger partial charge in [0.2, 0.25) is 4.96 Å². The molecule has 0 saturated carbocycles. The second kappa shape index (κ2) is 6.86. The molecule has 0 aliphatic heterocycles. The quantitative estimate of drug-likeness (QED) is 0.459. The molecule has 2 aromatic heterocycles. The van der Waals surface area contributed by atoms with Crippen LogP contribution in [0.2, 0.25) is 5.02 Å². The fourth-order valence-corrected chi connectivity index (χ4v) is 3.42. The number of hydrogen-bond donors (Lipinski definition) is 0. The van der Waals surface area contributed by atoms with Crippen molar-refractivity contribution in [1.82, 2.24) is 19.8 Å². The van der Waals surface area contributed by atoms with Crippen LogP contribution in [0.5, 0.6) is 5.75 Å². The Labute approximate surface area is 157 Å².